The Hall–Kier alpha value is -3.76. The topological polar surface area (TPSA) is 91.5 Å². The van der Waals surface area contributed by atoms with Gasteiger partial charge in [-0.1, -0.05) is 18.2 Å². The van der Waals surface area contributed by atoms with Gasteiger partial charge in [-0.15, -0.1) is 0 Å². The Morgan fingerprint density at radius 2 is 1.91 bits per heavy atom. The van der Waals surface area contributed by atoms with E-state index in [1.165, 1.54) is 12.1 Å². The quantitative estimate of drug-likeness (QED) is 0.340. The molecule has 35 heavy (non-hydrogen) atoms. The number of carbonyl (C=O) groups excluding carboxylic acids is 1. The first-order valence-corrected chi connectivity index (χ1v) is 10.9. The molecule has 0 saturated carbocycles. The molecule has 0 saturated heterocycles. The SMILES string of the molecule is Cc1cnc2nc(-c3ccc(C)c(NC(=O)c4ccc(CNCCO)cc4C(F)(F)F)c3)cn2c1. The van der Waals surface area contributed by atoms with Crippen molar-refractivity contribution in [3.8, 4) is 11.3 Å². The Balaban J connectivity index is 1.63. The van der Waals surface area contributed by atoms with Crippen LogP contribution in [0.1, 0.15) is 32.6 Å². The number of fused-ring (bicyclic) bond motifs is 1. The van der Waals surface area contributed by atoms with Crippen molar-refractivity contribution in [2.24, 2.45) is 0 Å². The second kappa shape index (κ2) is 9.85. The summed E-state index contributed by atoms with van der Waals surface area (Å²) in [5.41, 5.74) is 2.22. The predicted octanol–water partition coefficient (Wildman–Crippen LogP) is 4.37. The minimum absolute atomic E-state index is 0.129. The van der Waals surface area contributed by atoms with Gasteiger partial charge < -0.3 is 15.7 Å². The van der Waals surface area contributed by atoms with Crippen LogP contribution >= 0.6 is 0 Å². The van der Waals surface area contributed by atoms with Gasteiger partial charge in [0.2, 0.25) is 5.78 Å². The molecule has 0 bridgehead atoms. The van der Waals surface area contributed by atoms with E-state index in [-0.39, 0.29) is 19.7 Å². The third kappa shape index (κ3) is 5.50. The molecule has 0 aliphatic carbocycles. The lowest BCUT2D eigenvalue weighted by Gasteiger charge is -2.16. The molecule has 0 aliphatic rings. The van der Waals surface area contributed by atoms with Crippen molar-refractivity contribution >= 4 is 17.4 Å². The molecule has 0 spiro atoms. The summed E-state index contributed by atoms with van der Waals surface area (Å²) < 4.78 is 43.0. The van der Waals surface area contributed by atoms with Gasteiger partial charge in [0, 0.05) is 42.9 Å². The Morgan fingerprint density at radius 3 is 2.66 bits per heavy atom. The van der Waals surface area contributed by atoms with Crippen LogP contribution in [0, 0.1) is 13.8 Å². The van der Waals surface area contributed by atoms with Gasteiger partial charge in [0.1, 0.15) is 0 Å². The number of nitrogens with one attached hydrogen (secondary N) is 2. The number of amides is 1. The Bertz CT molecular complexity index is 1380. The fourth-order valence-corrected chi connectivity index (χ4v) is 3.68. The maximum atomic E-state index is 13.8. The molecule has 0 radical (unpaired) electrons. The largest absolute Gasteiger partial charge is 0.417 e. The van der Waals surface area contributed by atoms with E-state index in [2.05, 4.69) is 20.6 Å². The molecular formula is C25H24F3N5O2. The van der Waals surface area contributed by atoms with Crippen LogP contribution in [0.4, 0.5) is 18.9 Å². The summed E-state index contributed by atoms with van der Waals surface area (Å²) in [5, 5.41) is 14.3. The molecule has 4 rings (SSSR count). The zero-order valence-electron chi connectivity index (χ0n) is 19.1. The van der Waals surface area contributed by atoms with E-state index >= 15 is 0 Å². The maximum Gasteiger partial charge on any atom is 0.417 e. The van der Waals surface area contributed by atoms with Crippen LogP contribution in [-0.2, 0) is 12.7 Å². The normalized spacial score (nSPS) is 11.7. The van der Waals surface area contributed by atoms with E-state index in [1.807, 2.05) is 19.2 Å². The highest BCUT2D eigenvalue weighted by Crippen LogP contribution is 2.34. The van der Waals surface area contributed by atoms with Crippen molar-refractivity contribution < 1.29 is 23.1 Å². The van der Waals surface area contributed by atoms with Crippen molar-refractivity contribution in [1.82, 2.24) is 19.7 Å². The molecule has 1 amide bonds. The summed E-state index contributed by atoms with van der Waals surface area (Å²) in [6.45, 7) is 3.94. The van der Waals surface area contributed by atoms with Crippen LogP contribution in [0.5, 0.6) is 0 Å². The number of benzene rings is 2. The second-order valence-electron chi connectivity index (χ2n) is 8.23. The van der Waals surface area contributed by atoms with Gasteiger partial charge in [0.05, 0.1) is 23.4 Å². The first-order valence-electron chi connectivity index (χ1n) is 10.9. The van der Waals surface area contributed by atoms with E-state index in [1.54, 1.807) is 35.9 Å². The summed E-state index contributed by atoms with van der Waals surface area (Å²) in [4.78, 5) is 21.7. The number of aliphatic hydroxyl groups is 1. The van der Waals surface area contributed by atoms with Crippen LogP contribution in [0.25, 0.3) is 17.0 Å². The van der Waals surface area contributed by atoms with Crippen molar-refractivity contribution in [1.29, 1.82) is 0 Å². The lowest BCUT2D eigenvalue weighted by molar-refractivity contribution is -0.137. The number of carbonyl (C=O) groups is 1. The van der Waals surface area contributed by atoms with Gasteiger partial charge in [-0.3, -0.25) is 9.20 Å². The minimum Gasteiger partial charge on any atom is -0.395 e. The van der Waals surface area contributed by atoms with Gasteiger partial charge in [0.25, 0.3) is 5.91 Å². The number of anilines is 1. The average molecular weight is 483 g/mol. The lowest BCUT2D eigenvalue weighted by Crippen LogP contribution is -2.21. The number of hydrogen-bond donors (Lipinski definition) is 3. The number of aryl methyl sites for hydroxylation is 2. The highest BCUT2D eigenvalue weighted by Gasteiger charge is 2.35. The summed E-state index contributed by atoms with van der Waals surface area (Å²) in [6, 6.07) is 8.87. The van der Waals surface area contributed by atoms with Gasteiger partial charge in [0.15, 0.2) is 0 Å². The molecule has 2 aromatic carbocycles. The second-order valence-corrected chi connectivity index (χ2v) is 8.23. The van der Waals surface area contributed by atoms with E-state index in [4.69, 9.17) is 5.11 Å². The van der Waals surface area contributed by atoms with Gasteiger partial charge >= 0.3 is 6.18 Å². The molecule has 7 nitrogen and oxygen atoms in total. The fourth-order valence-electron chi connectivity index (χ4n) is 3.68. The van der Waals surface area contributed by atoms with E-state index in [0.29, 0.717) is 33.8 Å². The molecule has 0 atom stereocenters. The van der Waals surface area contributed by atoms with Gasteiger partial charge in [-0.05, 0) is 48.7 Å². The van der Waals surface area contributed by atoms with Crippen molar-refractivity contribution in [2.75, 3.05) is 18.5 Å². The van der Waals surface area contributed by atoms with Gasteiger partial charge in [-0.2, -0.15) is 13.2 Å². The first-order chi connectivity index (χ1) is 16.7. The number of hydrogen-bond acceptors (Lipinski definition) is 5. The van der Waals surface area contributed by atoms with Gasteiger partial charge in [-0.25, -0.2) is 9.97 Å². The average Bonchev–Trinajstić information content (AvgIpc) is 3.23. The summed E-state index contributed by atoms with van der Waals surface area (Å²) in [6.07, 6.45) is 0.686. The molecule has 3 N–H and O–H groups in total. The van der Waals surface area contributed by atoms with Crippen LogP contribution in [0.3, 0.4) is 0 Å². The van der Waals surface area contributed by atoms with E-state index in [9.17, 15) is 18.0 Å². The monoisotopic (exact) mass is 483 g/mol. The van der Waals surface area contributed by atoms with Crippen LogP contribution in [0.2, 0.25) is 0 Å². The van der Waals surface area contributed by atoms with Crippen LogP contribution < -0.4 is 10.6 Å². The third-order valence-corrected chi connectivity index (χ3v) is 5.47. The molecular weight excluding hydrogens is 459 g/mol. The molecule has 2 aromatic heterocycles. The molecule has 0 unspecified atom stereocenters. The summed E-state index contributed by atoms with van der Waals surface area (Å²) >= 11 is 0. The number of aromatic nitrogens is 3. The molecule has 4 aromatic rings. The van der Waals surface area contributed by atoms with Crippen molar-refractivity contribution in [3.05, 3.63) is 82.8 Å². The highest BCUT2D eigenvalue weighted by atomic mass is 19.4. The number of alkyl halides is 3. The van der Waals surface area contributed by atoms with Crippen molar-refractivity contribution in [2.45, 2.75) is 26.6 Å². The summed E-state index contributed by atoms with van der Waals surface area (Å²) in [7, 11) is 0. The Kier molecular flexibility index (Phi) is 6.86. The number of imidazole rings is 1. The highest BCUT2D eigenvalue weighted by molar-refractivity contribution is 6.06. The molecule has 0 fully saturated rings. The maximum absolute atomic E-state index is 13.8. The number of halogens is 3. The number of rotatable bonds is 7. The first kappa shape index (κ1) is 24.4. The fraction of sp³-hybridized carbons (Fsp3) is 0.240. The third-order valence-electron chi connectivity index (χ3n) is 5.47. The zero-order valence-corrected chi connectivity index (χ0v) is 19.1. The molecule has 182 valence electrons. The summed E-state index contributed by atoms with van der Waals surface area (Å²) in [5.74, 6) is -0.347. The van der Waals surface area contributed by atoms with E-state index < -0.39 is 23.2 Å². The molecule has 2 heterocycles. The Morgan fingerprint density at radius 1 is 1.11 bits per heavy atom. The number of nitrogens with zero attached hydrogens (tertiary/aromatic N) is 3. The van der Waals surface area contributed by atoms with Crippen molar-refractivity contribution in [3.63, 3.8) is 0 Å². The Labute approximate surface area is 199 Å². The smallest absolute Gasteiger partial charge is 0.395 e. The van der Waals surface area contributed by atoms with Crippen LogP contribution in [0.15, 0.2) is 55.0 Å². The van der Waals surface area contributed by atoms with E-state index in [0.717, 1.165) is 11.6 Å². The molecule has 0 aliphatic heterocycles. The standard InChI is InChI=1S/C25H24F3N5O2/c1-15-11-30-24-32-22(14-33(24)13-15)18-5-3-16(2)21(10-18)31-23(35)19-6-4-17(12-29-7-8-34)9-20(19)25(26,27)28/h3-6,9-11,13-14,29,34H,7-8,12H2,1-2H3,(H,31,35). The predicted molar refractivity (Wildman–Crippen MR) is 126 cm³/mol. The minimum atomic E-state index is -4.71. The molecule has 10 heteroatoms. The lowest BCUT2D eigenvalue weighted by atomic mass is 10.0. The number of aliphatic hydroxyl groups excluding tert-OH is 1. The van der Waals surface area contributed by atoms with Crippen LogP contribution in [-0.4, -0.2) is 38.5 Å². The zero-order chi connectivity index (χ0) is 25.2.